The third kappa shape index (κ3) is 3.18. The van der Waals surface area contributed by atoms with Gasteiger partial charge in [0.2, 0.25) is 0 Å². The first-order valence-corrected chi connectivity index (χ1v) is 7.74. The van der Waals surface area contributed by atoms with Crippen LogP contribution >= 0.6 is 0 Å². The first-order chi connectivity index (χ1) is 10.9. The van der Waals surface area contributed by atoms with Crippen LogP contribution in [0.15, 0.2) is 12.1 Å². The van der Waals surface area contributed by atoms with E-state index in [4.69, 9.17) is 4.74 Å². The Morgan fingerprint density at radius 2 is 1.96 bits per heavy atom. The van der Waals surface area contributed by atoms with E-state index in [2.05, 4.69) is 4.98 Å². The molecule has 0 atom stereocenters. The van der Waals surface area contributed by atoms with Crippen molar-refractivity contribution in [3.63, 3.8) is 0 Å². The van der Waals surface area contributed by atoms with Gasteiger partial charge in [0.05, 0.1) is 17.7 Å². The van der Waals surface area contributed by atoms with Crippen molar-refractivity contribution in [1.82, 2.24) is 4.98 Å². The number of hydrogen-bond donors (Lipinski definition) is 1. The summed E-state index contributed by atoms with van der Waals surface area (Å²) < 4.78 is 5.01. The third-order valence-corrected chi connectivity index (χ3v) is 3.74. The summed E-state index contributed by atoms with van der Waals surface area (Å²) in [5.74, 6) is -0.731. The number of carbonyl (C=O) groups is 2. The standard InChI is InChI=1S/C18H21NO4/c1-5-7-12-16-13(9-14(11(4)20)17(12)21)10(3)8-15(19-16)18(22)23-6-2/h8-9,21H,5-7H2,1-4H3. The van der Waals surface area contributed by atoms with Crippen molar-refractivity contribution in [2.75, 3.05) is 6.61 Å². The summed E-state index contributed by atoms with van der Waals surface area (Å²) in [6.45, 7) is 7.26. The van der Waals surface area contributed by atoms with Crippen molar-refractivity contribution in [1.29, 1.82) is 0 Å². The quantitative estimate of drug-likeness (QED) is 0.674. The number of esters is 1. The number of pyridine rings is 1. The molecule has 1 aromatic heterocycles. The van der Waals surface area contributed by atoms with E-state index in [0.717, 1.165) is 17.4 Å². The molecule has 1 N–H and O–H groups in total. The number of phenols is 1. The molecule has 23 heavy (non-hydrogen) atoms. The zero-order valence-electron chi connectivity index (χ0n) is 13.9. The maximum atomic E-state index is 12.0. The Bertz CT molecular complexity index is 780. The summed E-state index contributed by atoms with van der Waals surface area (Å²) in [7, 11) is 0. The molecule has 5 nitrogen and oxygen atoms in total. The lowest BCUT2D eigenvalue weighted by molar-refractivity contribution is 0.0519. The van der Waals surface area contributed by atoms with Gasteiger partial charge in [0.15, 0.2) is 5.78 Å². The highest BCUT2D eigenvalue weighted by Gasteiger charge is 2.19. The Balaban J connectivity index is 2.80. The summed E-state index contributed by atoms with van der Waals surface area (Å²) in [5.41, 5.74) is 2.47. The molecule has 0 unspecified atom stereocenters. The summed E-state index contributed by atoms with van der Waals surface area (Å²) in [6.07, 6.45) is 1.36. The number of aromatic nitrogens is 1. The third-order valence-electron chi connectivity index (χ3n) is 3.74. The molecule has 0 aliphatic heterocycles. The number of aryl methyl sites for hydroxylation is 2. The van der Waals surface area contributed by atoms with Crippen LogP contribution in [0.3, 0.4) is 0 Å². The molecule has 0 saturated heterocycles. The van der Waals surface area contributed by atoms with Gasteiger partial charge in [-0.25, -0.2) is 9.78 Å². The van der Waals surface area contributed by atoms with Gasteiger partial charge in [-0.15, -0.1) is 0 Å². The number of ketones is 1. The van der Waals surface area contributed by atoms with Gasteiger partial charge < -0.3 is 9.84 Å². The van der Waals surface area contributed by atoms with Crippen LogP contribution in [0.2, 0.25) is 0 Å². The Hall–Kier alpha value is -2.43. The molecule has 0 saturated carbocycles. The van der Waals surface area contributed by atoms with Crippen LogP contribution in [0, 0.1) is 6.92 Å². The topological polar surface area (TPSA) is 76.5 Å². The van der Waals surface area contributed by atoms with E-state index in [0.29, 0.717) is 17.5 Å². The monoisotopic (exact) mass is 315 g/mol. The van der Waals surface area contributed by atoms with Crippen molar-refractivity contribution >= 4 is 22.7 Å². The molecule has 122 valence electrons. The van der Waals surface area contributed by atoms with Crippen molar-refractivity contribution in [3.05, 3.63) is 34.5 Å². The fourth-order valence-corrected chi connectivity index (χ4v) is 2.65. The number of ether oxygens (including phenoxy) is 1. The Kier molecular flexibility index (Phi) is 4.98. The van der Waals surface area contributed by atoms with Gasteiger partial charge in [-0.1, -0.05) is 13.3 Å². The fraction of sp³-hybridized carbons (Fsp3) is 0.389. The predicted octanol–water partition coefficient (Wildman–Crippen LogP) is 3.58. The van der Waals surface area contributed by atoms with E-state index < -0.39 is 5.97 Å². The van der Waals surface area contributed by atoms with Gasteiger partial charge in [0.25, 0.3) is 0 Å². The Labute approximate surface area is 135 Å². The average molecular weight is 315 g/mol. The molecule has 0 aliphatic rings. The molecule has 2 aromatic rings. The minimum Gasteiger partial charge on any atom is -0.507 e. The van der Waals surface area contributed by atoms with E-state index in [1.165, 1.54) is 6.92 Å². The molecule has 5 heteroatoms. The van der Waals surface area contributed by atoms with Crippen LogP contribution in [-0.4, -0.2) is 28.4 Å². The predicted molar refractivity (Wildman–Crippen MR) is 88.1 cm³/mol. The molecular formula is C18H21NO4. The van der Waals surface area contributed by atoms with Crippen molar-refractivity contribution < 1.29 is 19.4 Å². The Morgan fingerprint density at radius 3 is 2.52 bits per heavy atom. The molecule has 1 aromatic carbocycles. The van der Waals surface area contributed by atoms with Gasteiger partial charge >= 0.3 is 5.97 Å². The number of rotatable bonds is 5. The molecule has 0 bridgehead atoms. The highest BCUT2D eigenvalue weighted by Crippen LogP contribution is 2.33. The van der Waals surface area contributed by atoms with Gasteiger partial charge in [0, 0.05) is 10.9 Å². The van der Waals surface area contributed by atoms with Crippen molar-refractivity contribution in [2.24, 2.45) is 0 Å². The zero-order valence-corrected chi connectivity index (χ0v) is 13.9. The minimum absolute atomic E-state index is 0.0419. The molecule has 1 heterocycles. The van der Waals surface area contributed by atoms with Gasteiger partial charge in [-0.3, -0.25) is 4.79 Å². The smallest absolute Gasteiger partial charge is 0.356 e. The molecule has 0 amide bonds. The Morgan fingerprint density at radius 1 is 1.26 bits per heavy atom. The van der Waals surface area contributed by atoms with Crippen LogP contribution in [-0.2, 0) is 11.2 Å². The van der Waals surface area contributed by atoms with E-state index in [9.17, 15) is 14.7 Å². The summed E-state index contributed by atoms with van der Waals surface area (Å²) in [6, 6.07) is 3.29. The van der Waals surface area contributed by atoms with Crippen LogP contribution in [0.5, 0.6) is 5.75 Å². The number of aromatic hydroxyl groups is 1. The van der Waals surface area contributed by atoms with Crippen molar-refractivity contribution in [2.45, 2.75) is 40.5 Å². The summed E-state index contributed by atoms with van der Waals surface area (Å²) >= 11 is 0. The van der Waals surface area contributed by atoms with E-state index in [1.54, 1.807) is 19.1 Å². The highest BCUT2D eigenvalue weighted by atomic mass is 16.5. The molecule has 0 fully saturated rings. The number of carbonyl (C=O) groups excluding carboxylic acids is 2. The van der Waals surface area contributed by atoms with E-state index in [1.807, 2.05) is 13.8 Å². The average Bonchev–Trinajstić information content (AvgIpc) is 2.49. The highest BCUT2D eigenvalue weighted by molar-refractivity contribution is 6.03. The first kappa shape index (κ1) is 16.9. The van der Waals surface area contributed by atoms with Crippen LogP contribution in [0.1, 0.15) is 59.2 Å². The summed E-state index contributed by atoms with van der Waals surface area (Å²) in [5, 5.41) is 11.2. The second-order valence-corrected chi connectivity index (χ2v) is 5.50. The van der Waals surface area contributed by atoms with Gasteiger partial charge in [-0.05, 0) is 44.9 Å². The van der Waals surface area contributed by atoms with Crippen LogP contribution in [0.4, 0.5) is 0 Å². The molecular weight excluding hydrogens is 294 g/mol. The fourth-order valence-electron chi connectivity index (χ4n) is 2.65. The normalized spacial score (nSPS) is 10.8. The maximum absolute atomic E-state index is 12.0. The van der Waals surface area contributed by atoms with E-state index in [-0.39, 0.29) is 29.4 Å². The van der Waals surface area contributed by atoms with Gasteiger partial charge in [0.1, 0.15) is 11.4 Å². The number of hydrogen-bond acceptors (Lipinski definition) is 5. The SMILES string of the molecule is CCCc1c(O)c(C(C)=O)cc2c(C)cc(C(=O)OCC)nc12. The summed E-state index contributed by atoms with van der Waals surface area (Å²) in [4.78, 5) is 28.1. The number of Topliss-reactive ketones (excluding diaryl/α,β-unsaturated/α-hetero) is 1. The lowest BCUT2D eigenvalue weighted by atomic mass is 9.95. The van der Waals surface area contributed by atoms with Crippen molar-refractivity contribution in [3.8, 4) is 5.75 Å². The molecule has 0 aliphatic carbocycles. The molecule has 0 radical (unpaired) electrons. The number of phenolic OH excluding ortho intramolecular Hbond substituents is 1. The van der Waals surface area contributed by atoms with Crippen LogP contribution in [0.25, 0.3) is 10.9 Å². The van der Waals surface area contributed by atoms with E-state index >= 15 is 0 Å². The molecule has 0 spiro atoms. The molecule has 2 rings (SSSR count). The largest absolute Gasteiger partial charge is 0.507 e. The lowest BCUT2D eigenvalue weighted by Crippen LogP contribution is -2.09. The number of fused-ring (bicyclic) bond motifs is 1. The van der Waals surface area contributed by atoms with Gasteiger partial charge in [-0.2, -0.15) is 0 Å². The number of benzene rings is 1. The minimum atomic E-state index is -0.491. The number of nitrogens with zero attached hydrogens (tertiary/aromatic N) is 1. The second-order valence-electron chi connectivity index (χ2n) is 5.50. The lowest BCUT2D eigenvalue weighted by Gasteiger charge is -2.14. The van der Waals surface area contributed by atoms with Crippen LogP contribution < -0.4 is 0 Å². The second kappa shape index (κ2) is 6.77. The first-order valence-electron chi connectivity index (χ1n) is 7.74. The maximum Gasteiger partial charge on any atom is 0.356 e. The zero-order chi connectivity index (χ0) is 17.1.